The van der Waals surface area contributed by atoms with Gasteiger partial charge in [-0.25, -0.2) is 4.79 Å². The molecule has 1 spiro atoms. The molecule has 2 fully saturated rings. The van der Waals surface area contributed by atoms with Gasteiger partial charge in [0.25, 0.3) is 5.78 Å². The van der Waals surface area contributed by atoms with E-state index in [1.165, 1.54) is 0 Å². The first-order valence-electron chi connectivity index (χ1n) is 8.73. The number of benzene rings is 1. The molecule has 0 amide bonds. The van der Waals surface area contributed by atoms with Crippen molar-refractivity contribution in [3.63, 3.8) is 0 Å². The third kappa shape index (κ3) is 2.37. The molecule has 1 saturated carbocycles. The highest BCUT2D eigenvalue weighted by Crippen LogP contribution is 2.48. The van der Waals surface area contributed by atoms with Crippen LogP contribution < -0.4 is 0 Å². The second-order valence-corrected chi connectivity index (χ2v) is 7.37. The van der Waals surface area contributed by atoms with Crippen molar-refractivity contribution in [1.29, 1.82) is 0 Å². The van der Waals surface area contributed by atoms with E-state index in [1.54, 1.807) is 33.1 Å². The van der Waals surface area contributed by atoms with Crippen LogP contribution in [0.5, 0.6) is 0 Å². The second kappa shape index (κ2) is 6.16. The predicted molar refractivity (Wildman–Crippen MR) is 92.4 cm³/mol. The van der Waals surface area contributed by atoms with Crippen LogP contribution in [0.25, 0.3) is 0 Å². The Bertz CT molecular complexity index is 793. The van der Waals surface area contributed by atoms with E-state index < -0.39 is 27.8 Å². The smallest absolute Gasteiger partial charge is 0.402 e. The number of hydrogen-bond donors (Lipinski definition) is 0. The molecular formula is C19H23NO6. The van der Waals surface area contributed by atoms with Crippen molar-refractivity contribution in [3.05, 3.63) is 44.5 Å². The SMILES string of the molecule is COC1CCC2(CC1)OC(=O)C(c1cc(C)c(C)cc1C)([N+](=O)[O-])C2=O. The molecule has 2 aliphatic rings. The van der Waals surface area contributed by atoms with Gasteiger partial charge in [0, 0.05) is 7.11 Å². The fourth-order valence-electron chi connectivity index (χ4n) is 4.18. The number of ketones is 1. The van der Waals surface area contributed by atoms with Crippen LogP contribution in [0.4, 0.5) is 0 Å². The van der Waals surface area contributed by atoms with Crippen LogP contribution in [-0.4, -0.2) is 35.5 Å². The van der Waals surface area contributed by atoms with Crippen LogP contribution in [0.15, 0.2) is 12.1 Å². The van der Waals surface area contributed by atoms with Crippen molar-refractivity contribution in [2.45, 2.75) is 63.7 Å². The molecule has 3 rings (SSSR count). The summed E-state index contributed by atoms with van der Waals surface area (Å²) in [4.78, 5) is 37.5. The highest BCUT2D eigenvalue weighted by atomic mass is 16.7. The number of ether oxygens (including phenoxy) is 2. The van der Waals surface area contributed by atoms with Gasteiger partial charge in [-0.3, -0.25) is 14.9 Å². The summed E-state index contributed by atoms with van der Waals surface area (Å²) in [5, 5.41) is 12.1. The fourth-order valence-corrected chi connectivity index (χ4v) is 4.18. The molecule has 0 N–H and O–H groups in total. The Kier molecular flexibility index (Phi) is 4.38. The van der Waals surface area contributed by atoms with Gasteiger partial charge in [0.15, 0.2) is 5.60 Å². The fraction of sp³-hybridized carbons (Fsp3) is 0.579. The van der Waals surface area contributed by atoms with Crippen molar-refractivity contribution in [3.8, 4) is 0 Å². The van der Waals surface area contributed by atoms with Gasteiger partial charge in [0.2, 0.25) is 0 Å². The molecule has 1 heterocycles. The van der Waals surface area contributed by atoms with Gasteiger partial charge in [-0.05, 0) is 69.2 Å². The van der Waals surface area contributed by atoms with Crippen LogP contribution >= 0.6 is 0 Å². The first kappa shape index (κ1) is 18.5. The Morgan fingerprint density at radius 3 is 2.23 bits per heavy atom. The van der Waals surface area contributed by atoms with Crippen molar-refractivity contribution < 1.29 is 24.0 Å². The van der Waals surface area contributed by atoms with Crippen LogP contribution in [-0.2, 0) is 24.6 Å². The Balaban J connectivity index is 2.14. The third-order valence-electron chi connectivity index (χ3n) is 5.90. The van der Waals surface area contributed by atoms with E-state index in [0.29, 0.717) is 18.4 Å². The lowest BCUT2D eigenvalue weighted by Gasteiger charge is -2.33. The average molecular weight is 361 g/mol. The van der Waals surface area contributed by atoms with Crippen molar-refractivity contribution in [1.82, 2.24) is 0 Å². The Morgan fingerprint density at radius 1 is 1.12 bits per heavy atom. The largest absolute Gasteiger partial charge is 0.445 e. The normalized spacial score (nSPS) is 31.3. The molecular weight excluding hydrogens is 338 g/mol. The molecule has 1 aliphatic carbocycles. The molecule has 1 aromatic rings. The van der Waals surface area contributed by atoms with Crippen molar-refractivity contribution in [2.75, 3.05) is 7.11 Å². The lowest BCUT2D eigenvalue weighted by molar-refractivity contribution is -0.543. The van der Waals surface area contributed by atoms with E-state index in [9.17, 15) is 19.7 Å². The summed E-state index contributed by atoms with van der Waals surface area (Å²) in [6.45, 7) is 5.36. The zero-order valence-corrected chi connectivity index (χ0v) is 15.5. The minimum atomic E-state index is -2.48. The van der Waals surface area contributed by atoms with Gasteiger partial charge in [0.05, 0.1) is 16.6 Å². The summed E-state index contributed by atoms with van der Waals surface area (Å²) in [5.41, 5.74) is -1.52. The number of nitro groups is 1. The summed E-state index contributed by atoms with van der Waals surface area (Å²) in [7, 11) is 1.59. The van der Waals surface area contributed by atoms with Crippen LogP contribution in [0.1, 0.15) is 47.9 Å². The van der Waals surface area contributed by atoms with Gasteiger partial charge in [-0.15, -0.1) is 0 Å². The van der Waals surface area contributed by atoms with E-state index in [2.05, 4.69) is 0 Å². The zero-order valence-electron chi connectivity index (χ0n) is 15.5. The van der Waals surface area contributed by atoms with Crippen LogP contribution in [0, 0.1) is 30.9 Å². The maximum Gasteiger partial charge on any atom is 0.402 e. The van der Waals surface area contributed by atoms with E-state index >= 15 is 0 Å². The monoisotopic (exact) mass is 361 g/mol. The van der Waals surface area contributed by atoms with E-state index in [4.69, 9.17) is 9.47 Å². The molecule has 26 heavy (non-hydrogen) atoms. The minimum absolute atomic E-state index is 0.0268. The molecule has 140 valence electrons. The standard InChI is InChI=1S/C19H23NO6/c1-11-9-13(3)15(10-12(11)2)19(20(23)24)16(21)18(26-17(19)22)7-5-14(25-4)6-8-18/h9-10,14H,5-8H2,1-4H3. The van der Waals surface area contributed by atoms with Gasteiger partial charge in [-0.2, -0.15) is 0 Å². The topological polar surface area (TPSA) is 95.7 Å². The third-order valence-corrected chi connectivity index (χ3v) is 5.90. The molecule has 7 heteroatoms. The maximum absolute atomic E-state index is 13.4. The highest BCUT2D eigenvalue weighted by molar-refractivity contribution is 6.16. The van der Waals surface area contributed by atoms with E-state index in [1.807, 2.05) is 6.92 Å². The summed E-state index contributed by atoms with van der Waals surface area (Å²) < 4.78 is 10.8. The molecule has 7 nitrogen and oxygen atoms in total. The Labute approximate surface area is 151 Å². The number of methoxy groups -OCH3 is 1. The average Bonchev–Trinajstić information content (AvgIpc) is 2.80. The highest BCUT2D eigenvalue weighted by Gasteiger charge is 2.75. The van der Waals surface area contributed by atoms with Gasteiger partial charge in [0.1, 0.15) is 0 Å². The molecule has 0 aromatic heterocycles. The van der Waals surface area contributed by atoms with Gasteiger partial charge in [-0.1, -0.05) is 6.07 Å². The number of esters is 1. The van der Waals surface area contributed by atoms with Gasteiger partial charge >= 0.3 is 11.5 Å². The quantitative estimate of drug-likeness (QED) is 0.355. The molecule has 1 unspecified atom stereocenters. The lowest BCUT2D eigenvalue weighted by Crippen LogP contribution is -2.52. The molecule has 0 bridgehead atoms. The summed E-state index contributed by atoms with van der Waals surface area (Å²) in [6.07, 6.45) is 1.51. The van der Waals surface area contributed by atoms with Crippen molar-refractivity contribution in [2.24, 2.45) is 0 Å². The minimum Gasteiger partial charge on any atom is -0.445 e. The second-order valence-electron chi connectivity index (χ2n) is 7.37. The van der Waals surface area contributed by atoms with E-state index in [0.717, 1.165) is 11.1 Å². The molecule has 1 atom stereocenters. The zero-order chi connectivity index (χ0) is 19.3. The van der Waals surface area contributed by atoms with Gasteiger partial charge < -0.3 is 9.47 Å². The summed E-state index contributed by atoms with van der Waals surface area (Å²) in [5.74, 6) is -1.82. The number of hydrogen-bond acceptors (Lipinski definition) is 6. The summed E-state index contributed by atoms with van der Waals surface area (Å²) in [6, 6.07) is 3.34. The number of carbonyl (C=O) groups excluding carboxylic acids is 2. The number of nitrogens with zero attached hydrogens (tertiary/aromatic N) is 1. The predicted octanol–water partition coefficient (Wildman–Crippen LogP) is 2.54. The molecule has 1 saturated heterocycles. The van der Waals surface area contributed by atoms with Crippen molar-refractivity contribution >= 4 is 11.8 Å². The van der Waals surface area contributed by atoms with E-state index in [-0.39, 0.29) is 24.5 Å². The van der Waals surface area contributed by atoms with Crippen LogP contribution in [0.3, 0.4) is 0 Å². The molecule has 1 aromatic carbocycles. The Morgan fingerprint density at radius 2 is 1.69 bits per heavy atom. The van der Waals surface area contributed by atoms with Crippen LogP contribution in [0.2, 0.25) is 0 Å². The number of aryl methyl sites for hydroxylation is 3. The first-order chi connectivity index (χ1) is 12.2. The molecule has 0 radical (unpaired) electrons. The maximum atomic E-state index is 13.4. The number of rotatable bonds is 3. The number of Topliss-reactive ketones (excluding diaryl/α,β-unsaturated/α-hetero) is 1. The first-order valence-corrected chi connectivity index (χ1v) is 8.73. The lowest BCUT2D eigenvalue weighted by atomic mass is 9.73. The summed E-state index contributed by atoms with van der Waals surface area (Å²) >= 11 is 0. The number of carbonyl (C=O) groups is 2. The Hall–Kier alpha value is -2.28. The molecule has 1 aliphatic heterocycles.